The van der Waals surface area contributed by atoms with Gasteiger partial charge in [-0.1, -0.05) is 0 Å². The molecule has 0 amide bonds. The van der Waals surface area contributed by atoms with Crippen LogP contribution in [-0.2, 0) is 4.74 Å². The molecule has 0 atom stereocenters. The summed E-state index contributed by atoms with van der Waals surface area (Å²) in [5.74, 6) is -0.0794. The lowest BCUT2D eigenvalue weighted by Gasteiger charge is -2.03. The molecule has 0 N–H and O–H groups in total. The lowest BCUT2D eigenvalue weighted by Crippen LogP contribution is -2.35. The maximum atomic E-state index is 11.4. The highest BCUT2D eigenvalue weighted by Crippen LogP contribution is 2.39. The maximum Gasteiger partial charge on any atom is 0.404 e. The number of aromatic nitrogens is 1. The lowest BCUT2D eigenvalue weighted by molar-refractivity contribution is -0.608. The zero-order chi connectivity index (χ0) is 10.1. The normalized spacial score (nSPS) is 15.2. The van der Waals surface area contributed by atoms with Crippen LogP contribution >= 0.6 is 0 Å². The molecule has 0 bridgehead atoms. The Balaban J connectivity index is 2.30. The summed E-state index contributed by atoms with van der Waals surface area (Å²) in [6, 6.07) is 3.34. The zero-order valence-corrected chi connectivity index (χ0v) is 7.90. The molecule has 1 fully saturated rings. The van der Waals surface area contributed by atoms with Crippen molar-refractivity contribution in [3.05, 3.63) is 34.8 Å². The number of esters is 1. The fraction of sp³-hybridized carbons (Fsp3) is 0.400. The van der Waals surface area contributed by atoms with E-state index in [9.17, 15) is 10.0 Å². The molecule has 2 rings (SSSR count). The first-order valence-corrected chi connectivity index (χ1v) is 4.54. The van der Waals surface area contributed by atoms with Gasteiger partial charge in [-0.15, -0.1) is 0 Å². The molecule has 0 unspecified atom stereocenters. The number of ether oxygens (including phenoxy) is 1. The largest absolute Gasteiger partial charge is 0.618 e. The van der Waals surface area contributed by atoms with Gasteiger partial charge in [-0.05, 0) is 24.8 Å². The quantitative estimate of drug-likeness (QED) is 0.399. The highest BCUT2D eigenvalue weighted by molar-refractivity contribution is 5.85. The van der Waals surface area contributed by atoms with Crippen LogP contribution < -0.4 is 4.73 Å². The molecule has 1 saturated carbocycles. The standard InChI is InChI=1S/C10H11NO3/c1-14-10(12)9-5-4-8(6-11(9)13)7-2-3-7/h4-7H,2-3H2,1H3. The Bertz CT molecular complexity index is 372. The highest BCUT2D eigenvalue weighted by atomic mass is 16.5. The Morgan fingerprint density at radius 2 is 2.29 bits per heavy atom. The predicted molar refractivity (Wildman–Crippen MR) is 48.7 cm³/mol. The number of carbonyl (C=O) groups excluding carboxylic acids is 1. The second-order valence-corrected chi connectivity index (χ2v) is 3.44. The number of rotatable bonds is 2. The smallest absolute Gasteiger partial charge is 0.404 e. The van der Waals surface area contributed by atoms with Gasteiger partial charge < -0.3 is 9.94 Å². The van der Waals surface area contributed by atoms with Crippen LogP contribution in [0.25, 0.3) is 0 Å². The van der Waals surface area contributed by atoms with Crippen molar-refractivity contribution in [1.82, 2.24) is 0 Å². The topological polar surface area (TPSA) is 53.2 Å². The summed E-state index contributed by atoms with van der Waals surface area (Å²) >= 11 is 0. The van der Waals surface area contributed by atoms with Gasteiger partial charge in [0.15, 0.2) is 6.20 Å². The fourth-order valence-corrected chi connectivity index (χ4v) is 1.42. The van der Waals surface area contributed by atoms with Crippen molar-refractivity contribution >= 4 is 5.97 Å². The van der Waals surface area contributed by atoms with Crippen LogP contribution in [0.2, 0.25) is 0 Å². The molecule has 14 heavy (non-hydrogen) atoms. The number of hydrogen-bond donors (Lipinski definition) is 0. The first-order chi connectivity index (χ1) is 6.72. The molecule has 1 aliphatic carbocycles. The molecule has 74 valence electrons. The van der Waals surface area contributed by atoms with E-state index in [1.165, 1.54) is 19.4 Å². The molecule has 4 nitrogen and oxygen atoms in total. The number of nitrogens with zero attached hydrogens (tertiary/aromatic N) is 1. The van der Waals surface area contributed by atoms with Gasteiger partial charge in [0.1, 0.15) is 0 Å². The Hall–Kier alpha value is -1.58. The molecule has 4 heteroatoms. The molecule has 1 heterocycles. The van der Waals surface area contributed by atoms with Crippen molar-refractivity contribution < 1.29 is 14.3 Å². The minimum atomic E-state index is -0.595. The number of carbonyl (C=O) groups is 1. The van der Waals surface area contributed by atoms with E-state index in [4.69, 9.17) is 0 Å². The van der Waals surface area contributed by atoms with Crippen LogP contribution in [0.4, 0.5) is 0 Å². The Kier molecular flexibility index (Phi) is 2.11. The van der Waals surface area contributed by atoms with E-state index in [-0.39, 0.29) is 5.69 Å². The molecular weight excluding hydrogens is 182 g/mol. The molecule has 1 aromatic rings. The summed E-state index contributed by atoms with van der Waals surface area (Å²) in [7, 11) is 1.26. The average Bonchev–Trinajstić information content (AvgIpc) is 3.00. The van der Waals surface area contributed by atoms with Gasteiger partial charge in [-0.25, -0.2) is 4.79 Å². The predicted octanol–water partition coefficient (Wildman–Crippen LogP) is 0.984. The zero-order valence-electron chi connectivity index (χ0n) is 7.90. The van der Waals surface area contributed by atoms with Crippen molar-refractivity contribution in [2.45, 2.75) is 18.8 Å². The first kappa shape index (κ1) is 8.99. The van der Waals surface area contributed by atoms with E-state index >= 15 is 0 Å². The summed E-state index contributed by atoms with van der Waals surface area (Å²) in [5.41, 5.74) is 1.05. The maximum absolute atomic E-state index is 11.4. The molecule has 0 saturated heterocycles. The summed E-state index contributed by atoms with van der Waals surface area (Å²) < 4.78 is 5.06. The summed E-state index contributed by atoms with van der Waals surface area (Å²) in [4.78, 5) is 11.1. The fourth-order valence-electron chi connectivity index (χ4n) is 1.42. The molecule has 0 aliphatic heterocycles. The van der Waals surface area contributed by atoms with Crippen LogP contribution in [0.15, 0.2) is 18.3 Å². The third-order valence-electron chi connectivity index (χ3n) is 2.38. The molecule has 0 spiro atoms. The molecular formula is C10H11NO3. The number of methoxy groups -OCH3 is 1. The van der Waals surface area contributed by atoms with Gasteiger partial charge >= 0.3 is 11.7 Å². The molecule has 0 aromatic carbocycles. The Labute approximate surface area is 81.7 Å². The highest BCUT2D eigenvalue weighted by Gasteiger charge is 2.27. The third-order valence-corrected chi connectivity index (χ3v) is 2.38. The minimum Gasteiger partial charge on any atom is -0.618 e. The Morgan fingerprint density at radius 1 is 1.57 bits per heavy atom. The van der Waals surface area contributed by atoms with Crippen molar-refractivity contribution in [3.63, 3.8) is 0 Å². The lowest BCUT2D eigenvalue weighted by atomic mass is 10.2. The van der Waals surface area contributed by atoms with Crippen molar-refractivity contribution in [2.75, 3.05) is 7.11 Å². The van der Waals surface area contributed by atoms with E-state index < -0.39 is 5.97 Å². The van der Waals surface area contributed by atoms with Crippen molar-refractivity contribution in [3.8, 4) is 0 Å². The van der Waals surface area contributed by atoms with Crippen LogP contribution in [0.1, 0.15) is 34.8 Å². The van der Waals surface area contributed by atoms with Crippen molar-refractivity contribution in [2.24, 2.45) is 0 Å². The van der Waals surface area contributed by atoms with Gasteiger partial charge in [-0.2, -0.15) is 4.73 Å². The molecule has 1 aliphatic rings. The van der Waals surface area contributed by atoms with Gasteiger partial charge in [0.2, 0.25) is 0 Å². The Morgan fingerprint density at radius 3 is 2.79 bits per heavy atom. The summed E-state index contributed by atoms with van der Waals surface area (Å²) in [6.07, 6.45) is 3.74. The first-order valence-electron chi connectivity index (χ1n) is 4.54. The second-order valence-electron chi connectivity index (χ2n) is 3.44. The molecule has 0 radical (unpaired) electrons. The van der Waals surface area contributed by atoms with E-state index in [0.29, 0.717) is 10.6 Å². The van der Waals surface area contributed by atoms with Crippen LogP contribution in [0.5, 0.6) is 0 Å². The van der Waals surface area contributed by atoms with Gasteiger partial charge in [0.05, 0.1) is 7.11 Å². The van der Waals surface area contributed by atoms with Gasteiger partial charge in [-0.3, -0.25) is 0 Å². The number of pyridine rings is 1. The minimum absolute atomic E-state index is 0.0388. The number of hydrogen-bond acceptors (Lipinski definition) is 3. The van der Waals surface area contributed by atoms with E-state index in [1.54, 1.807) is 0 Å². The van der Waals surface area contributed by atoms with Crippen LogP contribution in [0, 0.1) is 5.21 Å². The average molecular weight is 193 g/mol. The van der Waals surface area contributed by atoms with Crippen molar-refractivity contribution in [1.29, 1.82) is 0 Å². The van der Waals surface area contributed by atoms with Crippen LogP contribution in [0.3, 0.4) is 0 Å². The summed E-state index contributed by atoms with van der Waals surface area (Å²) in [6.45, 7) is 0. The second kappa shape index (κ2) is 3.29. The van der Waals surface area contributed by atoms with Gasteiger partial charge in [0, 0.05) is 11.6 Å². The van der Waals surface area contributed by atoms with E-state index in [2.05, 4.69) is 4.74 Å². The van der Waals surface area contributed by atoms with Crippen LogP contribution in [-0.4, -0.2) is 13.1 Å². The van der Waals surface area contributed by atoms with E-state index in [0.717, 1.165) is 18.4 Å². The molecule has 1 aromatic heterocycles. The van der Waals surface area contributed by atoms with Gasteiger partial charge in [0.25, 0.3) is 0 Å². The SMILES string of the molecule is COC(=O)c1ccc(C2CC2)c[n+]1[O-]. The third kappa shape index (κ3) is 1.55. The van der Waals surface area contributed by atoms with E-state index in [1.807, 2.05) is 6.07 Å². The summed E-state index contributed by atoms with van der Waals surface area (Å²) in [5, 5.41) is 11.4. The monoisotopic (exact) mass is 193 g/mol.